The van der Waals surface area contributed by atoms with Crippen LogP contribution >= 0.6 is 0 Å². The Kier molecular flexibility index (Phi) is 6.10. The second kappa shape index (κ2) is 7.62. The first kappa shape index (κ1) is 14.4. The molecule has 0 fully saturated rings. The van der Waals surface area contributed by atoms with Crippen molar-refractivity contribution in [2.45, 2.75) is 26.3 Å². The van der Waals surface area contributed by atoms with Crippen LogP contribution in [0.4, 0.5) is 0 Å². The maximum absolute atomic E-state index is 5.41. The van der Waals surface area contributed by atoms with Gasteiger partial charge in [0.1, 0.15) is 11.5 Å². The number of hydrogen-bond acceptors (Lipinski definition) is 3. The summed E-state index contributed by atoms with van der Waals surface area (Å²) in [5, 5.41) is 3.42. The van der Waals surface area contributed by atoms with Crippen LogP contribution in [-0.2, 0) is 0 Å². The monoisotopic (exact) mass is 247 g/mol. The molecule has 1 atom stereocenters. The Morgan fingerprint density at radius 1 is 1.28 bits per heavy atom. The van der Waals surface area contributed by atoms with Gasteiger partial charge in [0.05, 0.1) is 14.2 Å². The summed E-state index contributed by atoms with van der Waals surface area (Å²) in [6.45, 7) is 4.82. The summed E-state index contributed by atoms with van der Waals surface area (Å²) in [6.07, 6.45) is 0.758. The molecule has 1 aromatic rings. The van der Waals surface area contributed by atoms with Gasteiger partial charge in [-0.2, -0.15) is 0 Å². The Labute approximate surface area is 109 Å². The number of benzene rings is 1. The second-order valence-corrected chi connectivity index (χ2v) is 3.85. The third kappa shape index (κ3) is 3.68. The van der Waals surface area contributed by atoms with E-state index in [2.05, 4.69) is 24.1 Å². The van der Waals surface area contributed by atoms with Crippen molar-refractivity contribution in [3.8, 4) is 23.3 Å². The molecule has 0 spiro atoms. The summed E-state index contributed by atoms with van der Waals surface area (Å²) in [5.41, 5.74) is 1.08. The molecule has 0 amide bonds. The SMILES string of the molecule is CC#CCC(NCC)c1cc(OC)ccc1OC. The lowest BCUT2D eigenvalue weighted by atomic mass is 10.0. The highest BCUT2D eigenvalue weighted by atomic mass is 16.5. The Morgan fingerprint density at radius 3 is 2.61 bits per heavy atom. The van der Waals surface area contributed by atoms with Gasteiger partial charge in [-0.1, -0.05) is 6.92 Å². The van der Waals surface area contributed by atoms with Crippen molar-refractivity contribution in [3.05, 3.63) is 23.8 Å². The molecule has 0 aliphatic carbocycles. The van der Waals surface area contributed by atoms with E-state index in [0.29, 0.717) is 0 Å². The smallest absolute Gasteiger partial charge is 0.123 e. The summed E-state index contributed by atoms with van der Waals surface area (Å²) in [5.74, 6) is 7.73. The zero-order chi connectivity index (χ0) is 13.4. The van der Waals surface area contributed by atoms with Crippen molar-refractivity contribution >= 4 is 0 Å². The van der Waals surface area contributed by atoms with Gasteiger partial charge in [0.25, 0.3) is 0 Å². The standard InChI is InChI=1S/C15H21NO2/c1-5-7-8-14(16-6-2)13-11-12(17-3)9-10-15(13)18-4/h9-11,14,16H,6,8H2,1-4H3. The fourth-order valence-electron chi connectivity index (χ4n) is 1.85. The number of rotatable bonds is 6. The minimum absolute atomic E-state index is 0.160. The number of ether oxygens (including phenoxy) is 2. The third-order valence-electron chi connectivity index (χ3n) is 2.75. The van der Waals surface area contributed by atoms with E-state index in [1.54, 1.807) is 14.2 Å². The predicted octanol–water partition coefficient (Wildman–Crippen LogP) is 2.77. The summed E-state index contributed by atoms with van der Waals surface area (Å²) >= 11 is 0. The molecular formula is C15H21NO2. The average molecular weight is 247 g/mol. The van der Waals surface area contributed by atoms with Crippen molar-refractivity contribution in [2.75, 3.05) is 20.8 Å². The molecule has 1 rings (SSSR count). The number of hydrogen-bond donors (Lipinski definition) is 1. The molecule has 98 valence electrons. The maximum Gasteiger partial charge on any atom is 0.123 e. The summed E-state index contributed by atoms with van der Waals surface area (Å²) in [7, 11) is 3.35. The topological polar surface area (TPSA) is 30.5 Å². The molecule has 1 N–H and O–H groups in total. The van der Waals surface area contributed by atoms with Crippen LogP contribution < -0.4 is 14.8 Å². The Bertz CT molecular complexity index is 432. The Hall–Kier alpha value is -1.66. The second-order valence-electron chi connectivity index (χ2n) is 3.85. The Balaban J connectivity index is 3.08. The normalized spacial score (nSPS) is 11.3. The molecule has 3 heteroatoms. The lowest BCUT2D eigenvalue weighted by molar-refractivity contribution is 0.390. The van der Waals surface area contributed by atoms with Crippen LogP contribution in [0.2, 0.25) is 0 Å². The van der Waals surface area contributed by atoms with Crippen molar-refractivity contribution in [1.82, 2.24) is 5.32 Å². The van der Waals surface area contributed by atoms with Crippen LogP contribution in [0.1, 0.15) is 31.9 Å². The van der Waals surface area contributed by atoms with E-state index in [1.807, 2.05) is 25.1 Å². The number of nitrogens with one attached hydrogen (secondary N) is 1. The zero-order valence-corrected chi connectivity index (χ0v) is 11.5. The maximum atomic E-state index is 5.41. The summed E-state index contributed by atoms with van der Waals surface area (Å²) < 4.78 is 10.7. The van der Waals surface area contributed by atoms with E-state index in [1.165, 1.54) is 0 Å². The van der Waals surface area contributed by atoms with E-state index in [4.69, 9.17) is 9.47 Å². The fraction of sp³-hybridized carbons (Fsp3) is 0.467. The molecule has 0 radical (unpaired) electrons. The first-order valence-corrected chi connectivity index (χ1v) is 6.11. The molecule has 18 heavy (non-hydrogen) atoms. The molecule has 0 saturated heterocycles. The highest BCUT2D eigenvalue weighted by molar-refractivity contribution is 5.42. The predicted molar refractivity (Wildman–Crippen MR) is 74.0 cm³/mol. The molecule has 0 bridgehead atoms. The quantitative estimate of drug-likeness (QED) is 0.784. The van der Waals surface area contributed by atoms with Gasteiger partial charge in [-0.3, -0.25) is 0 Å². The van der Waals surface area contributed by atoms with Crippen molar-refractivity contribution < 1.29 is 9.47 Å². The molecular weight excluding hydrogens is 226 g/mol. The van der Waals surface area contributed by atoms with E-state index in [-0.39, 0.29) is 6.04 Å². The van der Waals surface area contributed by atoms with Gasteiger partial charge >= 0.3 is 0 Å². The van der Waals surface area contributed by atoms with Gasteiger partial charge in [-0.15, -0.1) is 11.8 Å². The van der Waals surface area contributed by atoms with Crippen LogP contribution in [0.5, 0.6) is 11.5 Å². The van der Waals surface area contributed by atoms with Crippen LogP contribution in [-0.4, -0.2) is 20.8 Å². The first-order valence-electron chi connectivity index (χ1n) is 6.11. The van der Waals surface area contributed by atoms with Gasteiger partial charge < -0.3 is 14.8 Å². The highest BCUT2D eigenvalue weighted by Crippen LogP contribution is 2.30. The molecule has 0 aliphatic heterocycles. The average Bonchev–Trinajstić information content (AvgIpc) is 2.42. The molecule has 0 heterocycles. The van der Waals surface area contributed by atoms with Crippen molar-refractivity contribution in [2.24, 2.45) is 0 Å². The summed E-state index contributed by atoms with van der Waals surface area (Å²) in [4.78, 5) is 0. The van der Waals surface area contributed by atoms with Crippen LogP contribution in [0, 0.1) is 11.8 Å². The number of methoxy groups -OCH3 is 2. The van der Waals surface area contributed by atoms with Crippen LogP contribution in [0.15, 0.2) is 18.2 Å². The van der Waals surface area contributed by atoms with Gasteiger partial charge in [0.15, 0.2) is 0 Å². The largest absolute Gasteiger partial charge is 0.497 e. The molecule has 3 nitrogen and oxygen atoms in total. The first-order chi connectivity index (χ1) is 8.76. The van der Waals surface area contributed by atoms with Crippen molar-refractivity contribution in [3.63, 3.8) is 0 Å². The van der Waals surface area contributed by atoms with Gasteiger partial charge in [0.2, 0.25) is 0 Å². The van der Waals surface area contributed by atoms with Crippen LogP contribution in [0.3, 0.4) is 0 Å². The summed E-state index contributed by atoms with van der Waals surface area (Å²) in [6, 6.07) is 5.99. The molecule has 0 saturated carbocycles. The minimum Gasteiger partial charge on any atom is -0.497 e. The minimum atomic E-state index is 0.160. The fourth-order valence-corrected chi connectivity index (χ4v) is 1.85. The molecule has 0 aromatic heterocycles. The van der Waals surface area contributed by atoms with E-state index in [9.17, 15) is 0 Å². The zero-order valence-electron chi connectivity index (χ0n) is 11.5. The van der Waals surface area contributed by atoms with Gasteiger partial charge in [-0.05, 0) is 31.7 Å². The van der Waals surface area contributed by atoms with Crippen LogP contribution in [0.25, 0.3) is 0 Å². The lowest BCUT2D eigenvalue weighted by Crippen LogP contribution is -2.21. The van der Waals surface area contributed by atoms with E-state index in [0.717, 1.165) is 30.0 Å². The highest BCUT2D eigenvalue weighted by Gasteiger charge is 2.15. The Morgan fingerprint density at radius 2 is 2.06 bits per heavy atom. The molecule has 0 aliphatic rings. The van der Waals surface area contributed by atoms with Gasteiger partial charge in [0, 0.05) is 18.0 Å². The molecule has 1 unspecified atom stereocenters. The van der Waals surface area contributed by atoms with Crippen molar-refractivity contribution in [1.29, 1.82) is 0 Å². The molecule has 1 aromatic carbocycles. The van der Waals surface area contributed by atoms with E-state index < -0.39 is 0 Å². The lowest BCUT2D eigenvalue weighted by Gasteiger charge is -2.19. The third-order valence-corrected chi connectivity index (χ3v) is 2.75. The van der Waals surface area contributed by atoms with E-state index >= 15 is 0 Å². The van der Waals surface area contributed by atoms with Gasteiger partial charge in [-0.25, -0.2) is 0 Å².